The molecule has 0 unspecified atom stereocenters. The van der Waals surface area contributed by atoms with E-state index in [1.807, 2.05) is 42.6 Å². The Labute approximate surface area is 198 Å². The zero-order valence-electron chi connectivity index (χ0n) is 19.1. The standard InChI is InChI=1S/C27H25N5O2/c1-27(2,32-11-4-12-32)9-8-18-13-22-23(17-33-26(28)29)21-14-19(20-5-3-10-30-16-20)6-7-24(21)34-25(22)31-15-18/h3,5-7,10,13-17H,4,11-12H2,1-2H3,(H3,28,29). The van der Waals surface area contributed by atoms with Crippen molar-refractivity contribution in [3.05, 3.63) is 77.9 Å². The van der Waals surface area contributed by atoms with E-state index >= 15 is 0 Å². The molecule has 1 saturated heterocycles. The first-order chi connectivity index (χ1) is 16.4. The molecule has 3 aromatic rings. The maximum absolute atomic E-state index is 7.53. The van der Waals surface area contributed by atoms with Gasteiger partial charge in [0.05, 0.1) is 5.54 Å². The van der Waals surface area contributed by atoms with Gasteiger partial charge in [-0.2, -0.15) is 0 Å². The predicted molar refractivity (Wildman–Crippen MR) is 131 cm³/mol. The topological polar surface area (TPSA) is 97.3 Å². The van der Waals surface area contributed by atoms with Crippen molar-refractivity contribution in [3.63, 3.8) is 0 Å². The molecule has 2 aromatic heterocycles. The maximum Gasteiger partial charge on any atom is 0.284 e. The number of rotatable bonds is 3. The Morgan fingerprint density at radius 1 is 1.18 bits per heavy atom. The van der Waals surface area contributed by atoms with Crippen LogP contribution in [0.4, 0.5) is 0 Å². The first-order valence-corrected chi connectivity index (χ1v) is 11.1. The summed E-state index contributed by atoms with van der Waals surface area (Å²) in [5.74, 6) is 7.75. The van der Waals surface area contributed by atoms with Crippen molar-refractivity contribution in [1.82, 2.24) is 14.9 Å². The summed E-state index contributed by atoms with van der Waals surface area (Å²) >= 11 is 0. The van der Waals surface area contributed by atoms with Crippen LogP contribution < -0.4 is 10.5 Å². The summed E-state index contributed by atoms with van der Waals surface area (Å²) in [5.41, 5.74) is 10.3. The van der Waals surface area contributed by atoms with Crippen LogP contribution in [-0.4, -0.2) is 39.5 Å². The van der Waals surface area contributed by atoms with Crippen LogP contribution in [0.15, 0.2) is 61.3 Å². The molecule has 0 bridgehead atoms. The van der Waals surface area contributed by atoms with Gasteiger partial charge in [-0.3, -0.25) is 15.3 Å². The molecule has 1 fully saturated rings. The third-order valence-corrected chi connectivity index (χ3v) is 6.08. The minimum absolute atomic E-state index is 0.202. The summed E-state index contributed by atoms with van der Waals surface area (Å²) in [5, 5.41) is 7.53. The molecule has 170 valence electrons. The predicted octanol–water partition coefficient (Wildman–Crippen LogP) is 4.38. The second-order valence-electron chi connectivity index (χ2n) is 8.79. The van der Waals surface area contributed by atoms with Gasteiger partial charge in [-0.15, -0.1) is 0 Å². The molecule has 0 atom stereocenters. The fourth-order valence-corrected chi connectivity index (χ4v) is 4.02. The van der Waals surface area contributed by atoms with E-state index < -0.39 is 6.02 Å². The quantitative estimate of drug-likeness (QED) is 0.208. The third-order valence-electron chi connectivity index (χ3n) is 6.08. The van der Waals surface area contributed by atoms with Crippen molar-refractivity contribution in [2.75, 3.05) is 13.1 Å². The fourth-order valence-electron chi connectivity index (χ4n) is 4.02. The van der Waals surface area contributed by atoms with E-state index in [1.54, 1.807) is 12.4 Å². The summed E-state index contributed by atoms with van der Waals surface area (Å²) in [4.78, 5) is 11.1. The van der Waals surface area contributed by atoms with Crippen LogP contribution in [0.3, 0.4) is 0 Å². The molecule has 7 heteroatoms. The number of hydrogen-bond donors (Lipinski definition) is 2. The molecule has 7 nitrogen and oxygen atoms in total. The van der Waals surface area contributed by atoms with Crippen molar-refractivity contribution < 1.29 is 9.47 Å². The zero-order valence-corrected chi connectivity index (χ0v) is 19.1. The van der Waals surface area contributed by atoms with E-state index in [4.69, 9.17) is 20.6 Å². The Morgan fingerprint density at radius 2 is 2.03 bits per heavy atom. The van der Waals surface area contributed by atoms with Crippen LogP contribution in [0.1, 0.15) is 37.0 Å². The van der Waals surface area contributed by atoms with Gasteiger partial charge in [0, 0.05) is 59.5 Å². The van der Waals surface area contributed by atoms with Gasteiger partial charge in [-0.1, -0.05) is 24.0 Å². The highest BCUT2D eigenvalue weighted by Gasteiger charge is 2.29. The molecule has 3 N–H and O–H groups in total. The highest BCUT2D eigenvalue weighted by molar-refractivity contribution is 5.89. The number of nitrogens with two attached hydrogens (primary N) is 1. The summed E-state index contributed by atoms with van der Waals surface area (Å²) in [6, 6.07) is 11.3. The van der Waals surface area contributed by atoms with E-state index in [9.17, 15) is 0 Å². The molecule has 0 radical (unpaired) electrons. The molecule has 2 aliphatic heterocycles. The summed E-state index contributed by atoms with van der Waals surface area (Å²) in [6.45, 7) is 6.42. The number of likely N-dealkylation sites (tertiary alicyclic amines) is 1. The lowest BCUT2D eigenvalue weighted by Gasteiger charge is -2.41. The van der Waals surface area contributed by atoms with Crippen LogP contribution in [-0.2, 0) is 4.74 Å². The zero-order chi connectivity index (χ0) is 23.7. The number of hydrogen-bond acceptors (Lipinski definition) is 6. The molecule has 0 amide bonds. The van der Waals surface area contributed by atoms with E-state index in [1.165, 1.54) is 12.7 Å². The highest BCUT2D eigenvalue weighted by Crippen LogP contribution is 2.44. The Balaban J connectivity index is 1.56. The number of fused-ring (bicyclic) bond motifs is 2. The van der Waals surface area contributed by atoms with Gasteiger partial charge in [0.15, 0.2) is 0 Å². The van der Waals surface area contributed by atoms with Crippen molar-refractivity contribution in [2.45, 2.75) is 25.8 Å². The van der Waals surface area contributed by atoms with Crippen LogP contribution in [0.25, 0.3) is 16.7 Å². The summed E-state index contributed by atoms with van der Waals surface area (Å²) < 4.78 is 11.4. The Hall–Kier alpha value is -4.15. The number of ether oxygens (including phenoxy) is 2. The Kier molecular flexibility index (Phi) is 5.52. The molecular weight excluding hydrogens is 426 g/mol. The molecule has 34 heavy (non-hydrogen) atoms. The lowest BCUT2D eigenvalue weighted by atomic mass is 9.93. The van der Waals surface area contributed by atoms with Gasteiger partial charge >= 0.3 is 0 Å². The van der Waals surface area contributed by atoms with E-state index in [-0.39, 0.29) is 5.54 Å². The summed E-state index contributed by atoms with van der Waals surface area (Å²) in [7, 11) is 0. The number of pyridine rings is 2. The van der Waals surface area contributed by atoms with Gasteiger partial charge in [0.2, 0.25) is 5.88 Å². The van der Waals surface area contributed by atoms with Gasteiger partial charge < -0.3 is 15.2 Å². The lowest BCUT2D eigenvalue weighted by Crippen LogP contribution is -2.50. The molecule has 4 heterocycles. The fraction of sp³-hybridized carbons (Fsp3) is 0.222. The number of aromatic nitrogens is 2. The Morgan fingerprint density at radius 3 is 2.74 bits per heavy atom. The van der Waals surface area contributed by atoms with Crippen LogP contribution in [0.2, 0.25) is 0 Å². The first-order valence-electron chi connectivity index (χ1n) is 11.1. The number of nitrogens with one attached hydrogen (secondary N) is 1. The minimum atomic E-state index is -0.397. The van der Waals surface area contributed by atoms with Gasteiger partial charge in [-0.05, 0) is 50.1 Å². The highest BCUT2D eigenvalue weighted by atomic mass is 16.5. The lowest BCUT2D eigenvalue weighted by molar-refractivity contribution is 0.0955. The SMILES string of the molecule is CC(C)(C#Cc1cnc2c(c1)C(=COC(=N)N)c1cc(-c3cccnc3)ccc1O2)N1CCC1. The second-order valence-corrected chi connectivity index (χ2v) is 8.79. The van der Waals surface area contributed by atoms with E-state index in [0.717, 1.165) is 46.5 Å². The average Bonchev–Trinajstić information content (AvgIpc) is 2.79. The van der Waals surface area contributed by atoms with Crippen molar-refractivity contribution in [2.24, 2.45) is 5.73 Å². The van der Waals surface area contributed by atoms with Crippen LogP contribution in [0, 0.1) is 17.3 Å². The van der Waals surface area contributed by atoms with E-state index in [2.05, 4.69) is 40.6 Å². The van der Waals surface area contributed by atoms with Gasteiger partial charge in [0.1, 0.15) is 12.0 Å². The first kappa shape index (κ1) is 21.7. The van der Waals surface area contributed by atoms with Crippen molar-refractivity contribution in [3.8, 4) is 34.6 Å². The number of benzene rings is 1. The molecule has 0 aliphatic carbocycles. The molecule has 0 spiro atoms. The normalized spacial score (nSPS) is 15.8. The molecule has 2 aliphatic rings. The van der Waals surface area contributed by atoms with Gasteiger partial charge in [0.25, 0.3) is 6.02 Å². The van der Waals surface area contributed by atoms with Crippen molar-refractivity contribution in [1.29, 1.82) is 5.41 Å². The number of nitrogens with zero attached hydrogens (tertiary/aromatic N) is 3. The van der Waals surface area contributed by atoms with E-state index in [0.29, 0.717) is 11.6 Å². The molecule has 5 rings (SSSR count). The molecule has 1 aromatic carbocycles. The van der Waals surface area contributed by atoms with Crippen LogP contribution in [0.5, 0.6) is 11.6 Å². The minimum Gasteiger partial charge on any atom is -0.438 e. The largest absolute Gasteiger partial charge is 0.438 e. The maximum atomic E-state index is 7.53. The smallest absolute Gasteiger partial charge is 0.284 e. The molecular formula is C27H25N5O2. The average molecular weight is 452 g/mol. The summed E-state index contributed by atoms with van der Waals surface area (Å²) in [6.07, 6.45) is 7.96. The third kappa shape index (κ3) is 4.24. The second kappa shape index (κ2) is 8.65. The van der Waals surface area contributed by atoms with Gasteiger partial charge in [-0.25, -0.2) is 4.98 Å². The Bertz CT molecular complexity index is 1350. The molecule has 0 saturated carbocycles. The monoisotopic (exact) mass is 451 g/mol. The van der Waals surface area contributed by atoms with Crippen molar-refractivity contribution >= 4 is 11.6 Å². The number of amidine groups is 1. The van der Waals surface area contributed by atoms with Crippen LogP contribution >= 0.6 is 0 Å².